The van der Waals surface area contributed by atoms with Crippen LogP contribution in [0, 0.1) is 0 Å². The van der Waals surface area contributed by atoms with Gasteiger partial charge in [-0.25, -0.2) is 0 Å². The number of amides is 2. The van der Waals surface area contributed by atoms with Crippen LogP contribution in [0.2, 0.25) is 0 Å². The van der Waals surface area contributed by atoms with Crippen LogP contribution in [-0.4, -0.2) is 41.7 Å². The second-order valence-electron chi connectivity index (χ2n) is 5.32. The second-order valence-corrected chi connectivity index (χ2v) is 5.70. The van der Waals surface area contributed by atoms with Crippen molar-refractivity contribution in [3.63, 3.8) is 0 Å². The lowest BCUT2D eigenvalue weighted by molar-refractivity contribution is -0.131. The van der Waals surface area contributed by atoms with Crippen molar-refractivity contribution in [3.05, 3.63) is 35.9 Å². The molecule has 5 heteroatoms. The summed E-state index contributed by atoms with van der Waals surface area (Å²) in [7, 11) is 0. The number of rotatable bonds is 5. The molecule has 1 heterocycles. The molecule has 21 heavy (non-hydrogen) atoms. The summed E-state index contributed by atoms with van der Waals surface area (Å²) in [6, 6.07) is 9.95. The number of halogens is 1. The number of alkyl halides is 1. The monoisotopic (exact) mass is 308 g/mol. The first-order valence-electron chi connectivity index (χ1n) is 7.36. The Kier molecular flexibility index (Phi) is 6.05. The second kappa shape index (κ2) is 8.03. The Hall–Kier alpha value is -1.55. The van der Waals surface area contributed by atoms with Gasteiger partial charge in [0.25, 0.3) is 0 Å². The quantitative estimate of drug-likeness (QED) is 0.846. The Morgan fingerprint density at radius 3 is 2.48 bits per heavy atom. The summed E-state index contributed by atoms with van der Waals surface area (Å²) >= 11 is 5.54. The summed E-state index contributed by atoms with van der Waals surface area (Å²) in [6.45, 7) is 1.41. The molecular weight excluding hydrogens is 288 g/mol. The van der Waals surface area contributed by atoms with Gasteiger partial charge in [-0.15, -0.1) is 11.6 Å². The molecule has 1 saturated heterocycles. The van der Waals surface area contributed by atoms with Crippen molar-refractivity contribution >= 4 is 23.4 Å². The van der Waals surface area contributed by atoms with Crippen LogP contribution in [0.4, 0.5) is 0 Å². The van der Waals surface area contributed by atoms with E-state index in [-0.39, 0.29) is 17.9 Å². The Labute approximate surface area is 130 Å². The minimum atomic E-state index is -0.000868. The van der Waals surface area contributed by atoms with E-state index in [2.05, 4.69) is 5.32 Å². The topological polar surface area (TPSA) is 49.4 Å². The van der Waals surface area contributed by atoms with Crippen LogP contribution >= 0.6 is 11.6 Å². The number of carbonyl (C=O) groups excluding carboxylic acids is 2. The molecule has 1 aromatic carbocycles. The number of hydrogen-bond donors (Lipinski definition) is 1. The predicted molar refractivity (Wildman–Crippen MR) is 83.2 cm³/mol. The van der Waals surface area contributed by atoms with Crippen LogP contribution in [0.1, 0.15) is 24.8 Å². The van der Waals surface area contributed by atoms with Crippen LogP contribution in [0.25, 0.3) is 0 Å². The first kappa shape index (κ1) is 15.8. The molecule has 0 atom stereocenters. The first-order chi connectivity index (χ1) is 10.2. The number of benzene rings is 1. The van der Waals surface area contributed by atoms with Gasteiger partial charge < -0.3 is 10.2 Å². The van der Waals surface area contributed by atoms with Crippen LogP contribution < -0.4 is 5.32 Å². The third kappa shape index (κ3) is 5.05. The van der Waals surface area contributed by atoms with E-state index in [0.29, 0.717) is 31.8 Å². The average Bonchev–Trinajstić information content (AvgIpc) is 2.49. The normalized spacial score (nSPS) is 15.8. The maximum Gasteiger partial charge on any atom is 0.226 e. The molecule has 0 unspecified atom stereocenters. The zero-order valence-corrected chi connectivity index (χ0v) is 12.8. The molecule has 114 valence electrons. The van der Waals surface area contributed by atoms with E-state index in [1.165, 1.54) is 0 Å². The number of hydrogen-bond acceptors (Lipinski definition) is 2. The highest BCUT2D eigenvalue weighted by Crippen LogP contribution is 2.12. The minimum absolute atomic E-state index is 0.000868. The molecule has 1 aromatic rings. The number of nitrogens with one attached hydrogen (secondary N) is 1. The van der Waals surface area contributed by atoms with Crippen molar-refractivity contribution in [2.75, 3.05) is 19.0 Å². The highest BCUT2D eigenvalue weighted by atomic mass is 35.5. The van der Waals surface area contributed by atoms with Gasteiger partial charge >= 0.3 is 0 Å². The molecule has 0 spiro atoms. The zero-order chi connectivity index (χ0) is 15.1. The SMILES string of the molecule is O=C(CCCl)NC1CCN(C(=O)Cc2ccccc2)CC1. The number of carbonyl (C=O) groups is 2. The van der Waals surface area contributed by atoms with Gasteiger partial charge in [0.05, 0.1) is 6.42 Å². The third-order valence-corrected chi connectivity index (χ3v) is 3.92. The Morgan fingerprint density at radius 1 is 1.19 bits per heavy atom. The summed E-state index contributed by atoms with van der Waals surface area (Å²) in [5.41, 5.74) is 1.04. The molecular formula is C16H21ClN2O2. The molecule has 0 aliphatic carbocycles. The molecule has 1 fully saturated rings. The highest BCUT2D eigenvalue weighted by Gasteiger charge is 2.23. The molecule has 0 radical (unpaired) electrons. The fraction of sp³-hybridized carbons (Fsp3) is 0.500. The van der Waals surface area contributed by atoms with Gasteiger partial charge in [0.2, 0.25) is 11.8 Å². The van der Waals surface area contributed by atoms with E-state index in [0.717, 1.165) is 18.4 Å². The summed E-state index contributed by atoms with van der Waals surface area (Å²) in [4.78, 5) is 25.6. The number of likely N-dealkylation sites (tertiary alicyclic amines) is 1. The van der Waals surface area contributed by atoms with E-state index >= 15 is 0 Å². The summed E-state index contributed by atoms with van der Waals surface area (Å²) in [5.74, 6) is 0.506. The van der Waals surface area contributed by atoms with E-state index < -0.39 is 0 Å². The standard InChI is InChI=1S/C16H21ClN2O2/c17-9-6-15(20)18-14-7-10-19(11-8-14)16(21)12-13-4-2-1-3-5-13/h1-5,14H,6-12H2,(H,18,20). The van der Waals surface area contributed by atoms with Crippen LogP contribution in [0.15, 0.2) is 30.3 Å². The van der Waals surface area contributed by atoms with Crippen LogP contribution in [-0.2, 0) is 16.0 Å². The summed E-state index contributed by atoms with van der Waals surface area (Å²) in [6.07, 6.45) is 2.43. The third-order valence-electron chi connectivity index (χ3n) is 3.73. The highest BCUT2D eigenvalue weighted by molar-refractivity contribution is 6.18. The van der Waals surface area contributed by atoms with E-state index in [4.69, 9.17) is 11.6 Å². The average molecular weight is 309 g/mol. The van der Waals surface area contributed by atoms with Crippen molar-refractivity contribution in [1.29, 1.82) is 0 Å². The lowest BCUT2D eigenvalue weighted by Gasteiger charge is -2.32. The molecule has 0 saturated carbocycles. The molecule has 4 nitrogen and oxygen atoms in total. The molecule has 0 bridgehead atoms. The van der Waals surface area contributed by atoms with Gasteiger partial charge in [0.1, 0.15) is 0 Å². The van der Waals surface area contributed by atoms with E-state index in [9.17, 15) is 9.59 Å². The van der Waals surface area contributed by atoms with E-state index in [1.807, 2.05) is 35.2 Å². The van der Waals surface area contributed by atoms with Gasteiger partial charge in [0.15, 0.2) is 0 Å². The summed E-state index contributed by atoms with van der Waals surface area (Å²) in [5, 5.41) is 2.97. The van der Waals surface area contributed by atoms with Gasteiger partial charge in [-0.05, 0) is 18.4 Å². The molecule has 1 N–H and O–H groups in total. The minimum Gasteiger partial charge on any atom is -0.353 e. The van der Waals surface area contributed by atoms with Gasteiger partial charge in [0, 0.05) is 31.4 Å². The van der Waals surface area contributed by atoms with Gasteiger partial charge in [-0.1, -0.05) is 30.3 Å². The fourth-order valence-electron chi connectivity index (χ4n) is 2.54. The molecule has 2 amide bonds. The summed E-state index contributed by atoms with van der Waals surface area (Å²) < 4.78 is 0. The number of nitrogens with zero attached hydrogens (tertiary/aromatic N) is 1. The lowest BCUT2D eigenvalue weighted by Crippen LogP contribution is -2.47. The fourth-order valence-corrected chi connectivity index (χ4v) is 2.71. The predicted octanol–water partition coefficient (Wildman–Crippen LogP) is 1.97. The van der Waals surface area contributed by atoms with Crippen molar-refractivity contribution < 1.29 is 9.59 Å². The Balaban J connectivity index is 1.75. The smallest absolute Gasteiger partial charge is 0.226 e. The van der Waals surface area contributed by atoms with Crippen LogP contribution in [0.3, 0.4) is 0 Å². The van der Waals surface area contributed by atoms with Crippen molar-refractivity contribution in [3.8, 4) is 0 Å². The zero-order valence-electron chi connectivity index (χ0n) is 12.1. The lowest BCUT2D eigenvalue weighted by atomic mass is 10.0. The molecule has 1 aliphatic heterocycles. The van der Waals surface area contributed by atoms with Crippen molar-refractivity contribution in [1.82, 2.24) is 10.2 Å². The number of piperidine rings is 1. The molecule has 2 rings (SSSR count). The Bertz CT molecular complexity index is 470. The van der Waals surface area contributed by atoms with E-state index in [1.54, 1.807) is 0 Å². The largest absolute Gasteiger partial charge is 0.353 e. The van der Waals surface area contributed by atoms with Crippen LogP contribution in [0.5, 0.6) is 0 Å². The Morgan fingerprint density at radius 2 is 1.86 bits per heavy atom. The maximum atomic E-state index is 12.2. The molecule has 0 aromatic heterocycles. The first-order valence-corrected chi connectivity index (χ1v) is 7.89. The molecule has 1 aliphatic rings. The van der Waals surface area contributed by atoms with Crippen molar-refractivity contribution in [2.45, 2.75) is 31.7 Å². The van der Waals surface area contributed by atoms with Crippen molar-refractivity contribution in [2.24, 2.45) is 0 Å². The van der Waals surface area contributed by atoms with Gasteiger partial charge in [-0.2, -0.15) is 0 Å². The van der Waals surface area contributed by atoms with Gasteiger partial charge in [-0.3, -0.25) is 9.59 Å². The maximum absolute atomic E-state index is 12.2.